The first kappa shape index (κ1) is 12.6. The Labute approximate surface area is 102 Å². The normalized spacial score (nSPS) is 38.2. The lowest BCUT2D eigenvalue weighted by Gasteiger charge is -2.36. The standard InChI is InChI=1S/C13H21NO3/c1-4-8(2)13(16)17-10-5-9-6-12(15)11(7-10)14(9)3/h4,9-12,15H,5-7H2,1-3H3/b8-4+/t9-,10?,11+,12?/m1/s1. The summed E-state index contributed by atoms with van der Waals surface area (Å²) in [6.07, 6.45) is 3.85. The number of nitrogens with zero attached hydrogens (tertiary/aromatic N) is 1. The van der Waals surface area contributed by atoms with Gasteiger partial charge in [0.05, 0.1) is 6.10 Å². The molecule has 2 bridgehead atoms. The van der Waals surface area contributed by atoms with Crippen LogP contribution in [0.3, 0.4) is 0 Å². The zero-order valence-electron chi connectivity index (χ0n) is 10.7. The van der Waals surface area contributed by atoms with Gasteiger partial charge < -0.3 is 9.84 Å². The third-order valence-electron chi connectivity index (χ3n) is 4.12. The number of ether oxygens (including phenoxy) is 1. The van der Waals surface area contributed by atoms with E-state index in [9.17, 15) is 9.90 Å². The first-order valence-corrected chi connectivity index (χ1v) is 6.26. The average Bonchev–Trinajstić information content (AvgIpc) is 2.49. The molecule has 4 heteroatoms. The third kappa shape index (κ3) is 2.38. The Bertz CT molecular complexity index is 340. The fourth-order valence-electron chi connectivity index (χ4n) is 2.86. The minimum atomic E-state index is -0.267. The third-order valence-corrected chi connectivity index (χ3v) is 4.12. The van der Waals surface area contributed by atoms with Gasteiger partial charge in [0.25, 0.3) is 0 Å². The number of piperidine rings is 1. The second-order valence-electron chi connectivity index (χ2n) is 5.16. The van der Waals surface area contributed by atoms with Gasteiger partial charge in [-0.3, -0.25) is 4.90 Å². The number of fused-ring (bicyclic) bond motifs is 2. The SMILES string of the molecule is C/C=C(\C)C(=O)OC1C[C@@H]2CC(O)[C@H](C1)N2C. The molecule has 2 unspecified atom stereocenters. The van der Waals surface area contributed by atoms with Gasteiger partial charge in [0.1, 0.15) is 6.10 Å². The van der Waals surface area contributed by atoms with Gasteiger partial charge in [0, 0.05) is 30.5 Å². The van der Waals surface area contributed by atoms with Crippen molar-refractivity contribution in [1.82, 2.24) is 4.90 Å². The van der Waals surface area contributed by atoms with Gasteiger partial charge in [-0.15, -0.1) is 0 Å². The van der Waals surface area contributed by atoms with Gasteiger partial charge in [-0.1, -0.05) is 6.08 Å². The van der Waals surface area contributed by atoms with E-state index in [0.29, 0.717) is 11.6 Å². The van der Waals surface area contributed by atoms with Gasteiger partial charge in [-0.2, -0.15) is 0 Å². The summed E-state index contributed by atoms with van der Waals surface area (Å²) in [5.41, 5.74) is 0.650. The fourth-order valence-corrected chi connectivity index (χ4v) is 2.86. The average molecular weight is 239 g/mol. The zero-order chi connectivity index (χ0) is 12.6. The van der Waals surface area contributed by atoms with Gasteiger partial charge in [-0.05, 0) is 27.3 Å². The predicted molar refractivity (Wildman–Crippen MR) is 64.5 cm³/mol. The van der Waals surface area contributed by atoms with Gasteiger partial charge >= 0.3 is 5.97 Å². The Balaban J connectivity index is 1.96. The number of carbonyl (C=O) groups is 1. The molecule has 0 aromatic rings. The molecule has 96 valence electrons. The van der Waals surface area contributed by atoms with Crippen LogP contribution in [-0.2, 0) is 9.53 Å². The molecular formula is C13H21NO3. The molecular weight excluding hydrogens is 218 g/mol. The highest BCUT2D eigenvalue weighted by Gasteiger charge is 2.45. The summed E-state index contributed by atoms with van der Waals surface area (Å²) in [5, 5.41) is 9.88. The Morgan fingerprint density at radius 1 is 1.41 bits per heavy atom. The topological polar surface area (TPSA) is 49.8 Å². The Morgan fingerprint density at radius 3 is 2.71 bits per heavy atom. The summed E-state index contributed by atoms with van der Waals surface area (Å²) in [6.45, 7) is 3.60. The van der Waals surface area contributed by atoms with Crippen LogP contribution in [-0.4, -0.2) is 47.3 Å². The van der Waals surface area contributed by atoms with Gasteiger partial charge in [0.2, 0.25) is 0 Å². The monoisotopic (exact) mass is 239 g/mol. The number of allylic oxidation sites excluding steroid dienone is 1. The van der Waals surface area contributed by atoms with Crippen molar-refractivity contribution < 1.29 is 14.6 Å². The molecule has 4 nitrogen and oxygen atoms in total. The van der Waals surface area contributed by atoms with Crippen molar-refractivity contribution in [2.24, 2.45) is 0 Å². The number of aliphatic hydroxyl groups excluding tert-OH is 1. The summed E-state index contributed by atoms with van der Waals surface area (Å²) in [7, 11) is 2.04. The van der Waals surface area contributed by atoms with E-state index in [1.54, 1.807) is 13.0 Å². The molecule has 0 radical (unpaired) electrons. The molecule has 0 saturated carbocycles. The van der Waals surface area contributed by atoms with E-state index in [-0.39, 0.29) is 24.2 Å². The lowest BCUT2D eigenvalue weighted by atomic mass is 10.00. The van der Waals surface area contributed by atoms with Crippen LogP contribution in [0, 0.1) is 0 Å². The molecule has 2 fully saturated rings. The highest BCUT2D eigenvalue weighted by Crippen LogP contribution is 2.35. The molecule has 4 atom stereocenters. The van der Waals surface area contributed by atoms with Crippen molar-refractivity contribution in [1.29, 1.82) is 0 Å². The Morgan fingerprint density at radius 2 is 2.12 bits per heavy atom. The second-order valence-corrected chi connectivity index (χ2v) is 5.16. The maximum Gasteiger partial charge on any atom is 0.333 e. The first-order valence-electron chi connectivity index (χ1n) is 6.26. The van der Waals surface area contributed by atoms with Gasteiger partial charge in [-0.25, -0.2) is 4.79 Å². The Kier molecular flexibility index (Phi) is 3.54. The molecule has 0 spiro atoms. The van der Waals surface area contributed by atoms with Crippen molar-refractivity contribution in [3.05, 3.63) is 11.6 Å². The number of esters is 1. The van der Waals surface area contributed by atoms with Crippen molar-refractivity contribution >= 4 is 5.97 Å². The van der Waals surface area contributed by atoms with Crippen LogP contribution in [0.1, 0.15) is 33.1 Å². The van der Waals surface area contributed by atoms with Crippen molar-refractivity contribution in [2.75, 3.05) is 7.05 Å². The lowest BCUT2D eigenvalue weighted by Crippen LogP contribution is -2.45. The maximum absolute atomic E-state index is 11.7. The fraction of sp³-hybridized carbons (Fsp3) is 0.769. The van der Waals surface area contributed by atoms with Crippen molar-refractivity contribution in [2.45, 2.75) is 57.4 Å². The van der Waals surface area contributed by atoms with E-state index in [4.69, 9.17) is 4.74 Å². The molecule has 0 aliphatic carbocycles. The van der Waals surface area contributed by atoms with Crippen LogP contribution in [0.4, 0.5) is 0 Å². The Hall–Kier alpha value is -0.870. The number of carbonyl (C=O) groups excluding carboxylic acids is 1. The molecule has 2 rings (SSSR count). The van der Waals surface area contributed by atoms with E-state index in [2.05, 4.69) is 4.90 Å². The minimum Gasteiger partial charge on any atom is -0.459 e. The number of hydrogen-bond donors (Lipinski definition) is 1. The van der Waals surface area contributed by atoms with E-state index >= 15 is 0 Å². The molecule has 0 aromatic carbocycles. The van der Waals surface area contributed by atoms with Crippen LogP contribution in [0.5, 0.6) is 0 Å². The first-order chi connectivity index (χ1) is 8.02. The molecule has 0 aromatic heterocycles. The minimum absolute atomic E-state index is 0.0410. The highest BCUT2D eigenvalue weighted by molar-refractivity contribution is 5.87. The van der Waals surface area contributed by atoms with Crippen LogP contribution < -0.4 is 0 Å². The van der Waals surface area contributed by atoms with E-state index in [0.717, 1.165) is 19.3 Å². The van der Waals surface area contributed by atoms with Crippen molar-refractivity contribution in [3.8, 4) is 0 Å². The van der Waals surface area contributed by atoms with Crippen LogP contribution in [0.15, 0.2) is 11.6 Å². The summed E-state index contributed by atoms with van der Waals surface area (Å²) >= 11 is 0. The van der Waals surface area contributed by atoms with Crippen molar-refractivity contribution in [3.63, 3.8) is 0 Å². The van der Waals surface area contributed by atoms with Gasteiger partial charge in [0.15, 0.2) is 0 Å². The summed E-state index contributed by atoms with van der Waals surface area (Å²) in [4.78, 5) is 13.9. The number of hydrogen-bond acceptors (Lipinski definition) is 4. The van der Waals surface area contributed by atoms with Crippen LogP contribution in [0.25, 0.3) is 0 Å². The molecule has 0 amide bonds. The number of rotatable bonds is 2. The molecule has 1 N–H and O–H groups in total. The molecule has 2 aliphatic heterocycles. The summed E-state index contributed by atoms with van der Waals surface area (Å²) in [5.74, 6) is -0.226. The van der Waals surface area contributed by atoms with Crippen LogP contribution >= 0.6 is 0 Å². The number of likely N-dealkylation sites (N-methyl/N-ethyl adjacent to an activating group) is 1. The lowest BCUT2D eigenvalue weighted by molar-refractivity contribution is -0.147. The molecule has 2 heterocycles. The van der Waals surface area contributed by atoms with Crippen LogP contribution in [0.2, 0.25) is 0 Å². The largest absolute Gasteiger partial charge is 0.459 e. The quantitative estimate of drug-likeness (QED) is 0.579. The molecule has 2 saturated heterocycles. The summed E-state index contributed by atoms with van der Waals surface area (Å²) < 4.78 is 5.48. The molecule has 17 heavy (non-hydrogen) atoms. The van der Waals surface area contributed by atoms with E-state index in [1.165, 1.54) is 0 Å². The van der Waals surface area contributed by atoms with E-state index in [1.807, 2.05) is 14.0 Å². The number of aliphatic hydroxyl groups is 1. The van der Waals surface area contributed by atoms with E-state index < -0.39 is 0 Å². The smallest absolute Gasteiger partial charge is 0.333 e. The molecule has 2 aliphatic rings. The predicted octanol–water partition coefficient (Wildman–Crippen LogP) is 1.09. The second kappa shape index (κ2) is 4.78. The zero-order valence-corrected chi connectivity index (χ0v) is 10.7. The summed E-state index contributed by atoms with van der Waals surface area (Å²) in [6, 6.07) is 0.505. The highest BCUT2D eigenvalue weighted by atomic mass is 16.5. The maximum atomic E-state index is 11.7.